The summed E-state index contributed by atoms with van der Waals surface area (Å²) < 4.78 is 5.73. The molecule has 0 aromatic rings. The SMILES string of the molecule is CC(C)OC1CCC(C)(N)CC1. The van der Waals surface area contributed by atoms with Gasteiger partial charge < -0.3 is 10.5 Å². The van der Waals surface area contributed by atoms with E-state index >= 15 is 0 Å². The van der Waals surface area contributed by atoms with E-state index in [-0.39, 0.29) is 5.54 Å². The highest BCUT2D eigenvalue weighted by molar-refractivity contribution is 4.86. The average Bonchev–Trinajstić information content (AvgIpc) is 1.93. The summed E-state index contributed by atoms with van der Waals surface area (Å²) in [6.45, 7) is 6.32. The minimum Gasteiger partial charge on any atom is -0.376 e. The van der Waals surface area contributed by atoms with Crippen LogP contribution in [0.25, 0.3) is 0 Å². The minimum atomic E-state index is 0.0663. The predicted octanol–water partition coefficient (Wildman–Crippen LogP) is 2.07. The molecule has 1 aliphatic rings. The third-order valence-electron chi connectivity index (χ3n) is 2.54. The van der Waals surface area contributed by atoms with Gasteiger partial charge in [0.2, 0.25) is 0 Å². The summed E-state index contributed by atoms with van der Waals surface area (Å²) >= 11 is 0. The van der Waals surface area contributed by atoms with Gasteiger partial charge >= 0.3 is 0 Å². The molecule has 1 aliphatic carbocycles. The number of hydrogen-bond acceptors (Lipinski definition) is 2. The van der Waals surface area contributed by atoms with Gasteiger partial charge in [-0.1, -0.05) is 0 Å². The lowest BCUT2D eigenvalue weighted by molar-refractivity contribution is -0.0214. The molecule has 0 atom stereocenters. The monoisotopic (exact) mass is 171 g/mol. The van der Waals surface area contributed by atoms with E-state index in [0.29, 0.717) is 12.2 Å². The summed E-state index contributed by atoms with van der Waals surface area (Å²) in [5.74, 6) is 0. The lowest BCUT2D eigenvalue weighted by Crippen LogP contribution is -2.42. The topological polar surface area (TPSA) is 35.2 Å². The van der Waals surface area contributed by atoms with Crippen molar-refractivity contribution < 1.29 is 4.74 Å². The summed E-state index contributed by atoms with van der Waals surface area (Å²) in [6, 6.07) is 0. The van der Waals surface area contributed by atoms with E-state index < -0.39 is 0 Å². The standard InChI is InChI=1S/C10H21NO/c1-8(2)12-9-4-6-10(3,11)7-5-9/h8-9H,4-7,11H2,1-3H3. The second kappa shape index (κ2) is 3.75. The van der Waals surface area contributed by atoms with Crippen molar-refractivity contribution in [2.45, 2.75) is 64.2 Å². The Kier molecular flexibility index (Phi) is 3.13. The molecule has 1 fully saturated rings. The van der Waals surface area contributed by atoms with Crippen molar-refractivity contribution in [3.8, 4) is 0 Å². The first kappa shape index (κ1) is 10.0. The molecular weight excluding hydrogens is 150 g/mol. The van der Waals surface area contributed by atoms with Gasteiger partial charge in [0.25, 0.3) is 0 Å². The molecule has 0 bridgehead atoms. The summed E-state index contributed by atoms with van der Waals surface area (Å²) in [7, 11) is 0. The van der Waals surface area contributed by atoms with Crippen molar-refractivity contribution in [1.29, 1.82) is 0 Å². The molecule has 2 heteroatoms. The molecule has 2 nitrogen and oxygen atoms in total. The molecule has 1 rings (SSSR count). The predicted molar refractivity (Wildman–Crippen MR) is 51.1 cm³/mol. The maximum absolute atomic E-state index is 6.02. The number of ether oxygens (including phenoxy) is 1. The fraction of sp³-hybridized carbons (Fsp3) is 1.00. The molecule has 0 radical (unpaired) electrons. The first-order chi connectivity index (χ1) is 5.49. The highest BCUT2D eigenvalue weighted by Crippen LogP contribution is 2.27. The van der Waals surface area contributed by atoms with Crippen LogP contribution in [0.1, 0.15) is 46.5 Å². The smallest absolute Gasteiger partial charge is 0.0580 e. The van der Waals surface area contributed by atoms with Gasteiger partial charge in [0.15, 0.2) is 0 Å². The van der Waals surface area contributed by atoms with Gasteiger partial charge in [-0.2, -0.15) is 0 Å². The largest absolute Gasteiger partial charge is 0.376 e. The second-order valence-corrected chi connectivity index (χ2v) is 4.54. The van der Waals surface area contributed by atoms with E-state index in [2.05, 4.69) is 20.8 Å². The van der Waals surface area contributed by atoms with Gasteiger partial charge in [0, 0.05) is 5.54 Å². The molecule has 12 heavy (non-hydrogen) atoms. The molecule has 1 saturated carbocycles. The molecule has 0 amide bonds. The lowest BCUT2D eigenvalue weighted by atomic mass is 9.83. The number of nitrogens with two attached hydrogens (primary N) is 1. The average molecular weight is 171 g/mol. The maximum Gasteiger partial charge on any atom is 0.0580 e. The molecule has 0 saturated heterocycles. The molecule has 72 valence electrons. The van der Waals surface area contributed by atoms with Gasteiger partial charge in [-0.25, -0.2) is 0 Å². The lowest BCUT2D eigenvalue weighted by Gasteiger charge is -2.34. The van der Waals surface area contributed by atoms with E-state index in [1.54, 1.807) is 0 Å². The molecule has 0 heterocycles. The zero-order valence-electron chi connectivity index (χ0n) is 8.47. The highest BCUT2D eigenvalue weighted by Gasteiger charge is 2.27. The van der Waals surface area contributed by atoms with Crippen molar-refractivity contribution in [1.82, 2.24) is 0 Å². The number of rotatable bonds is 2. The molecule has 0 aromatic heterocycles. The van der Waals surface area contributed by atoms with Crippen LogP contribution in [-0.4, -0.2) is 17.7 Å². The third kappa shape index (κ3) is 3.11. The van der Waals surface area contributed by atoms with Crippen molar-refractivity contribution in [3.63, 3.8) is 0 Å². The van der Waals surface area contributed by atoms with Crippen LogP contribution in [-0.2, 0) is 4.74 Å². The van der Waals surface area contributed by atoms with E-state index in [9.17, 15) is 0 Å². The normalized spacial score (nSPS) is 37.2. The van der Waals surface area contributed by atoms with Crippen LogP contribution in [0.15, 0.2) is 0 Å². The quantitative estimate of drug-likeness (QED) is 0.690. The zero-order chi connectivity index (χ0) is 9.19. The molecule has 0 unspecified atom stereocenters. The van der Waals surface area contributed by atoms with Gasteiger partial charge in [-0.15, -0.1) is 0 Å². The Morgan fingerprint density at radius 3 is 2.25 bits per heavy atom. The summed E-state index contributed by atoms with van der Waals surface area (Å²) in [4.78, 5) is 0. The molecule has 2 N–H and O–H groups in total. The van der Waals surface area contributed by atoms with Crippen LogP contribution in [0.5, 0.6) is 0 Å². The van der Waals surface area contributed by atoms with Crippen molar-refractivity contribution in [2.75, 3.05) is 0 Å². The Labute approximate surface area is 75.5 Å². The van der Waals surface area contributed by atoms with Crippen molar-refractivity contribution >= 4 is 0 Å². The van der Waals surface area contributed by atoms with Gasteiger partial charge in [-0.3, -0.25) is 0 Å². The van der Waals surface area contributed by atoms with Crippen LogP contribution >= 0.6 is 0 Å². The minimum absolute atomic E-state index is 0.0663. The van der Waals surface area contributed by atoms with Crippen LogP contribution in [0.2, 0.25) is 0 Å². The highest BCUT2D eigenvalue weighted by atomic mass is 16.5. The molecular formula is C10H21NO. The van der Waals surface area contributed by atoms with Gasteiger partial charge in [-0.05, 0) is 46.5 Å². The maximum atomic E-state index is 6.02. The molecule has 0 aromatic carbocycles. The van der Waals surface area contributed by atoms with Crippen LogP contribution in [0, 0.1) is 0 Å². The first-order valence-electron chi connectivity index (χ1n) is 4.94. The zero-order valence-corrected chi connectivity index (χ0v) is 8.47. The fourth-order valence-electron chi connectivity index (χ4n) is 1.77. The number of hydrogen-bond donors (Lipinski definition) is 1. The van der Waals surface area contributed by atoms with Gasteiger partial charge in [0.05, 0.1) is 12.2 Å². The Bertz CT molecular complexity index is 133. The summed E-state index contributed by atoms with van der Waals surface area (Å²) in [5, 5.41) is 0. The van der Waals surface area contributed by atoms with Crippen LogP contribution in [0.3, 0.4) is 0 Å². The van der Waals surface area contributed by atoms with Crippen molar-refractivity contribution in [3.05, 3.63) is 0 Å². The van der Waals surface area contributed by atoms with E-state index in [1.807, 2.05) is 0 Å². The summed E-state index contributed by atoms with van der Waals surface area (Å²) in [6.07, 6.45) is 5.28. The molecule has 0 aliphatic heterocycles. The Hall–Kier alpha value is -0.0800. The van der Waals surface area contributed by atoms with E-state index in [4.69, 9.17) is 10.5 Å². The first-order valence-corrected chi connectivity index (χ1v) is 4.94. The second-order valence-electron chi connectivity index (χ2n) is 4.54. The van der Waals surface area contributed by atoms with Crippen LogP contribution < -0.4 is 5.73 Å². The van der Waals surface area contributed by atoms with E-state index in [1.165, 1.54) is 0 Å². The molecule has 0 spiro atoms. The van der Waals surface area contributed by atoms with Crippen molar-refractivity contribution in [2.24, 2.45) is 5.73 Å². The van der Waals surface area contributed by atoms with E-state index in [0.717, 1.165) is 25.7 Å². The summed E-state index contributed by atoms with van der Waals surface area (Å²) in [5.41, 5.74) is 6.08. The van der Waals surface area contributed by atoms with Gasteiger partial charge in [0.1, 0.15) is 0 Å². The Balaban J connectivity index is 2.27. The Morgan fingerprint density at radius 1 is 1.33 bits per heavy atom. The fourth-order valence-corrected chi connectivity index (χ4v) is 1.77. The third-order valence-corrected chi connectivity index (χ3v) is 2.54. The Morgan fingerprint density at radius 2 is 1.83 bits per heavy atom. The van der Waals surface area contributed by atoms with Crippen LogP contribution in [0.4, 0.5) is 0 Å².